The molecule has 4 atom stereocenters. The van der Waals surface area contributed by atoms with Crippen molar-refractivity contribution >= 4 is 11.8 Å². The van der Waals surface area contributed by atoms with Gasteiger partial charge in [0.15, 0.2) is 0 Å². The average molecular weight is 395 g/mol. The molecule has 0 spiro atoms. The number of rotatable bonds is 13. The van der Waals surface area contributed by atoms with Crippen LogP contribution in [-0.2, 0) is 9.59 Å². The molecule has 5 heteroatoms. The standard InChI is InChI=1S/C23H38O5/c1-2-13-23(14-8-15-23)21(26)11-7-10-18-17(19(24)16-20(18)25)9-5-3-4-6-12-22(27)28/h7,10,17-18,20-21,25-26H,2-6,8-9,11-16H2,1H3,(H,27,28)/b10-7+/t17-,18-,20?,21-/m1/s1. The molecule has 0 heterocycles. The van der Waals surface area contributed by atoms with Crippen LogP contribution in [0, 0.1) is 17.3 Å². The van der Waals surface area contributed by atoms with E-state index >= 15 is 0 Å². The topological polar surface area (TPSA) is 94.8 Å². The molecular weight excluding hydrogens is 356 g/mol. The number of hydrogen-bond donors (Lipinski definition) is 3. The Morgan fingerprint density at radius 3 is 2.57 bits per heavy atom. The number of carbonyl (C=O) groups is 2. The lowest BCUT2D eigenvalue weighted by Crippen LogP contribution is -2.41. The molecule has 160 valence electrons. The molecule has 0 aromatic heterocycles. The van der Waals surface area contributed by atoms with Crippen LogP contribution in [0.3, 0.4) is 0 Å². The highest BCUT2D eigenvalue weighted by Gasteiger charge is 2.42. The number of aliphatic hydroxyl groups excluding tert-OH is 2. The summed E-state index contributed by atoms with van der Waals surface area (Å²) in [5.74, 6) is -0.919. The Balaban J connectivity index is 1.79. The summed E-state index contributed by atoms with van der Waals surface area (Å²) in [5, 5.41) is 29.6. The molecule has 2 rings (SSSR count). The van der Waals surface area contributed by atoms with Crippen molar-refractivity contribution < 1.29 is 24.9 Å². The van der Waals surface area contributed by atoms with Crippen molar-refractivity contribution in [2.45, 2.75) is 103 Å². The van der Waals surface area contributed by atoms with Gasteiger partial charge in [0.1, 0.15) is 5.78 Å². The number of carboxylic acids is 1. The molecule has 1 unspecified atom stereocenters. The number of ketones is 1. The first-order valence-electron chi connectivity index (χ1n) is 11.2. The van der Waals surface area contributed by atoms with Gasteiger partial charge in [-0.1, -0.05) is 51.2 Å². The minimum absolute atomic E-state index is 0.0819. The second-order valence-corrected chi connectivity index (χ2v) is 8.91. The third kappa shape index (κ3) is 6.15. The number of carboxylic acid groups (broad SMARTS) is 1. The van der Waals surface area contributed by atoms with Gasteiger partial charge >= 0.3 is 5.97 Å². The first kappa shape index (κ1) is 23.1. The fourth-order valence-electron chi connectivity index (χ4n) is 5.08. The van der Waals surface area contributed by atoms with Crippen LogP contribution in [-0.4, -0.2) is 39.3 Å². The Bertz CT molecular complexity index is 537. The zero-order chi connectivity index (χ0) is 20.6. The van der Waals surface area contributed by atoms with Crippen LogP contribution < -0.4 is 0 Å². The van der Waals surface area contributed by atoms with Gasteiger partial charge in [0.25, 0.3) is 0 Å². The van der Waals surface area contributed by atoms with Gasteiger partial charge in [-0.25, -0.2) is 0 Å². The van der Waals surface area contributed by atoms with E-state index in [1.54, 1.807) is 0 Å². The molecule has 0 radical (unpaired) electrons. The summed E-state index contributed by atoms with van der Waals surface area (Å²) in [6, 6.07) is 0. The predicted octanol–water partition coefficient (Wildman–Crippen LogP) is 4.26. The van der Waals surface area contributed by atoms with Crippen LogP contribution in [0.4, 0.5) is 0 Å². The zero-order valence-electron chi connectivity index (χ0n) is 17.3. The fourth-order valence-corrected chi connectivity index (χ4v) is 5.08. The molecule has 0 bridgehead atoms. The third-order valence-electron chi connectivity index (χ3n) is 6.91. The van der Waals surface area contributed by atoms with E-state index in [1.807, 2.05) is 12.2 Å². The van der Waals surface area contributed by atoms with Crippen molar-refractivity contribution in [1.82, 2.24) is 0 Å². The van der Waals surface area contributed by atoms with E-state index in [4.69, 9.17) is 5.11 Å². The molecule has 28 heavy (non-hydrogen) atoms. The molecule has 0 aromatic rings. The maximum absolute atomic E-state index is 12.3. The predicted molar refractivity (Wildman–Crippen MR) is 109 cm³/mol. The van der Waals surface area contributed by atoms with Gasteiger partial charge in [0, 0.05) is 24.7 Å². The number of hydrogen-bond acceptors (Lipinski definition) is 4. The number of aliphatic carboxylic acids is 1. The molecule has 2 aliphatic carbocycles. The third-order valence-corrected chi connectivity index (χ3v) is 6.91. The molecule has 2 saturated carbocycles. The van der Waals surface area contributed by atoms with E-state index in [0.717, 1.165) is 51.4 Å². The van der Waals surface area contributed by atoms with Gasteiger partial charge in [-0.2, -0.15) is 0 Å². The maximum atomic E-state index is 12.3. The van der Waals surface area contributed by atoms with Crippen LogP contribution in [0.15, 0.2) is 12.2 Å². The van der Waals surface area contributed by atoms with Crippen molar-refractivity contribution in [1.29, 1.82) is 0 Å². The molecule has 0 aromatic carbocycles. The Morgan fingerprint density at radius 1 is 1.25 bits per heavy atom. The summed E-state index contributed by atoms with van der Waals surface area (Å²) >= 11 is 0. The second kappa shape index (κ2) is 11.1. The van der Waals surface area contributed by atoms with E-state index < -0.39 is 12.1 Å². The highest BCUT2D eigenvalue weighted by Crippen LogP contribution is 2.48. The highest BCUT2D eigenvalue weighted by molar-refractivity contribution is 5.84. The maximum Gasteiger partial charge on any atom is 0.303 e. The van der Waals surface area contributed by atoms with Gasteiger partial charge in [0.05, 0.1) is 12.2 Å². The largest absolute Gasteiger partial charge is 0.481 e. The van der Waals surface area contributed by atoms with Crippen molar-refractivity contribution in [2.75, 3.05) is 0 Å². The summed E-state index contributed by atoms with van der Waals surface area (Å²) in [6.45, 7) is 2.16. The van der Waals surface area contributed by atoms with Crippen LogP contribution >= 0.6 is 0 Å². The lowest BCUT2D eigenvalue weighted by atomic mass is 9.62. The summed E-state index contributed by atoms with van der Waals surface area (Å²) in [5.41, 5.74) is 0.0819. The normalized spacial score (nSPS) is 27.8. The quantitative estimate of drug-likeness (QED) is 0.320. The van der Waals surface area contributed by atoms with E-state index in [0.29, 0.717) is 12.8 Å². The molecule has 2 aliphatic rings. The summed E-state index contributed by atoms with van der Waals surface area (Å²) < 4.78 is 0. The molecule has 0 saturated heterocycles. The zero-order valence-corrected chi connectivity index (χ0v) is 17.3. The lowest BCUT2D eigenvalue weighted by Gasteiger charge is -2.45. The fraction of sp³-hybridized carbons (Fsp3) is 0.826. The summed E-state index contributed by atoms with van der Waals surface area (Å²) in [7, 11) is 0. The number of carbonyl (C=O) groups excluding carboxylic acids is 1. The van der Waals surface area contributed by atoms with Crippen molar-refractivity contribution in [2.24, 2.45) is 17.3 Å². The van der Waals surface area contributed by atoms with Crippen LogP contribution in [0.2, 0.25) is 0 Å². The molecule has 0 aliphatic heterocycles. The second-order valence-electron chi connectivity index (χ2n) is 8.91. The molecule has 2 fully saturated rings. The van der Waals surface area contributed by atoms with Crippen LogP contribution in [0.1, 0.15) is 90.4 Å². The van der Waals surface area contributed by atoms with Crippen molar-refractivity contribution in [3.05, 3.63) is 12.2 Å². The van der Waals surface area contributed by atoms with Crippen molar-refractivity contribution in [3.8, 4) is 0 Å². The monoisotopic (exact) mass is 394 g/mol. The van der Waals surface area contributed by atoms with Crippen molar-refractivity contribution in [3.63, 3.8) is 0 Å². The summed E-state index contributed by atoms with van der Waals surface area (Å²) in [4.78, 5) is 22.8. The lowest BCUT2D eigenvalue weighted by molar-refractivity contribution is -0.137. The molecule has 0 amide bonds. The number of Topliss-reactive ketones (excluding diaryl/α,β-unsaturated/α-hetero) is 1. The van der Waals surface area contributed by atoms with Crippen LogP contribution in [0.25, 0.3) is 0 Å². The van der Waals surface area contributed by atoms with E-state index in [1.165, 1.54) is 6.42 Å². The number of unbranched alkanes of at least 4 members (excludes halogenated alkanes) is 3. The summed E-state index contributed by atoms with van der Waals surface area (Å²) in [6.07, 6.45) is 13.7. The number of aliphatic hydroxyl groups is 2. The Morgan fingerprint density at radius 2 is 1.96 bits per heavy atom. The Kier molecular flexibility index (Phi) is 9.16. The Labute approximate surface area is 169 Å². The first-order chi connectivity index (χ1) is 13.4. The van der Waals surface area contributed by atoms with Gasteiger partial charge in [-0.05, 0) is 43.9 Å². The van der Waals surface area contributed by atoms with Crippen LogP contribution in [0.5, 0.6) is 0 Å². The first-order valence-corrected chi connectivity index (χ1v) is 11.2. The Hall–Kier alpha value is -1.20. The average Bonchev–Trinajstić information content (AvgIpc) is 2.87. The smallest absolute Gasteiger partial charge is 0.303 e. The molecule has 5 nitrogen and oxygen atoms in total. The minimum Gasteiger partial charge on any atom is -0.481 e. The van der Waals surface area contributed by atoms with Gasteiger partial charge in [-0.3, -0.25) is 9.59 Å². The van der Waals surface area contributed by atoms with Gasteiger partial charge in [0.2, 0.25) is 0 Å². The van der Waals surface area contributed by atoms with E-state index in [2.05, 4.69) is 6.92 Å². The highest BCUT2D eigenvalue weighted by atomic mass is 16.4. The van der Waals surface area contributed by atoms with E-state index in [-0.39, 0.29) is 42.0 Å². The SMILES string of the molecule is CCCC1([C@H](O)C/C=C/[C@H]2C(O)CC(=O)[C@@H]2CCCCCCC(=O)O)CCC1. The molecular formula is C23H38O5. The van der Waals surface area contributed by atoms with Gasteiger partial charge < -0.3 is 15.3 Å². The molecule has 3 N–H and O–H groups in total. The van der Waals surface area contributed by atoms with E-state index in [9.17, 15) is 19.8 Å². The van der Waals surface area contributed by atoms with Gasteiger partial charge in [-0.15, -0.1) is 0 Å². The minimum atomic E-state index is -0.760.